The Balaban J connectivity index is 1.61. The molecule has 4 nitrogen and oxygen atoms in total. The molecule has 0 saturated heterocycles. The average molecular weight is 350 g/mol. The lowest BCUT2D eigenvalue weighted by atomic mass is 10.2. The molecule has 0 fully saturated rings. The molecule has 0 aromatic carbocycles. The van der Waals surface area contributed by atoms with Crippen LogP contribution in [0.3, 0.4) is 0 Å². The minimum absolute atomic E-state index is 0.00263. The first-order chi connectivity index (χ1) is 10.7. The molecule has 0 spiro atoms. The van der Waals surface area contributed by atoms with Gasteiger partial charge in [0.15, 0.2) is 10.9 Å². The lowest BCUT2D eigenvalue weighted by molar-refractivity contribution is 0.0986. The third-order valence-corrected chi connectivity index (χ3v) is 6.14. The van der Waals surface area contributed by atoms with Gasteiger partial charge in [-0.15, -0.1) is 22.7 Å². The Morgan fingerprint density at radius 2 is 2.18 bits per heavy atom. The predicted octanol–water partition coefficient (Wildman–Crippen LogP) is 3.81. The van der Waals surface area contributed by atoms with E-state index in [1.807, 2.05) is 29.0 Å². The highest BCUT2D eigenvalue weighted by atomic mass is 32.2. The van der Waals surface area contributed by atoms with Gasteiger partial charge >= 0.3 is 0 Å². The number of fused-ring (bicyclic) bond motifs is 1. The normalized spacial score (nSPS) is 11.1. The minimum Gasteiger partial charge on any atom is -0.293 e. The second-order valence-corrected chi connectivity index (χ2v) is 7.67. The van der Waals surface area contributed by atoms with Crippen molar-refractivity contribution in [1.29, 1.82) is 0 Å². The quantitative estimate of drug-likeness (QED) is 0.294. The van der Waals surface area contributed by atoms with Crippen LogP contribution < -0.4 is 5.56 Å². The molecule has 0 aliphatic rings. The number of carbonyl (C=O) groups excluding carboxylic acids is 1. The molecule has 0 bridgehead atoms. The van der Waals surface area contributed by atoms with E-state index in [9.17, 15) is 9.59 Å². The summed E-state index contributed by atoms with van der Waals surface area (Å²) in [4.78, 5) is 29.4. The van der Waals surface area contributed by atoms with Gasteiger partial charge in [-0.05, 0) is 29.3 Å². The molecule has 0 aliphatic heterocycles. The molecule has 3 aromatic heterocycles. The minimum atomic E-state index is -0.00263. The maximum atomic E-state index is 12.2. The SMILES string of the molecule is Cn1c(SCCCC(=O)c2cccs2)nc2ccsc2c1=O. The number of aromatic nitrogens is 2. The van der Waals surface area contributed by atoms with Crippen LogP contribution in [0, 0.1) is 0 Å². The molecule has 7 heteroatoms. The van der Waals surface area contributed by atoms with Crippen LogP contribution in [0.25, 0.3) is 10.2 Å². The van der Waals surface area contributed by atoms with Gasteiger partial charge in [-0.3, -0.25) is 14.2 Å². The first-order valence-corrected chi connectivity index (χ1v) is 9.55. The Bertz CT molecular complexity index is 849. The van der Waals surface area contributed by atoms with Crippen molar-refractivity contribution >= 4 is 50.4 Å². The molecule has 0 radical (unpaired) electrons. The molecule has 0 unspecified atom stereocenters. The predicted molar refractivity (Wildman–Crippen MR) is 93.5 cm³/mol. The van der Waals surface area contributed by atoms with Gasteiger partial charge in [0.05, 0.1) is 10.4 Å². The monoisotopic (exact) mass is 350 g/mol. The van der Waals surface area contributed by atoms with Crippen LogP contribution in [0.5, 0.6) is 0 Å². The zero-order valence-electron chi connectivity index (χ0n) is 11.9. The summed E-state index contributed by atoms with van der Waals surface area (Å²) in [5, 5.41) is 4.50. The molecule has 0 saturated carbocycles. The van der Waals surface area contributed by atoms with E-state index in [2.05, 4.69) is 4.98 Å². The van der Waals surface area contributed by atoms with Crippen molar-refractivity contribution < 1.29 is 4.79 Å². The van der Waals surface area contributed by atoms with E-state index in [1.165, 1.54) is 34.4 Å². The van der Waals surface area contributed by atoms with Crippen molar-refractivity contribution in [1.82, 2.24) is 9.55 Å². The van der Waals surface area contributed by atoms with Crippen LogP contribution in [0.1, 0.15) is 22.5 Å². The summed E-state index contributed by atoms with van der Waals surface area (Å²) in [6.45, 7) is 0. The number of thioether (sulfide) groups is 1. The van der Waals surface area contributed by atoms with Crippen LogP contribution in [0.2, 0.25) is 0 Å². The van der Waals surface area contributed by atoms with Gasteiger partial charge in [-0.2, -0.15) is 0 Å². The van der Waals surface area contributed by atoms with Gasteiger partial charge in [0.1, 0.15) is 4.70 Å². The average Bonchev–Trinajstić information content (AvgIpc) is 3.18. The molecule has 0 amide bonds. The van der Waals surface area contributed by atoms with Crippen molar-refractivity contribution in [2.45, 2.75) is 18.0 Å². The van der Waals surface area contributed by atoms with Gasteiger partial charge in [-0.1, -0.05) is 17.8 Å². The Hall–Kier alpha value is -1.44. The van der Waals surface area contributed by atoms with E-state index in [-0.39, 0.29) is 11.3 Å². The Labute approximate surface area is 139 Å². The van der Waals surface area contributed by atoms with Crippen LogP contribution in [-0.2, 0) is 7.05 Å². The Morgan fingerprint density at radius 1 is 1.32 bits per heavy atom. The van der Waals surface area contributed by atoms with E-state index >= 15 is 0 Å². The fraction of sp³-hybridized carbons (Fsp3) is 0.267. The maximum absolute atomic E-state index is 12.2. The smallest absolute Gasteiger partial charge is 0.271 e. The fourth-order valence-electron chi connectivity index (χ4n) is 2.05. The molecule has 3 rings (SSSR count). The van der Waals surface area contributed by atoms with E-state index in [0.29, 0.717) is 16.3 Å². The molecular weight excluding hydrogens is 336 g/mol. The second-order valence-electron chi connectivity index (χ2n) is 4.75. The first-order valence-electron chi connectivity index (χ1n) is 6.80. The summed E-state index contributed by atoms with van der Waals surface area (Å²) in [7, 11) is 1.74. The largest absolute Gasteiger partial charge is 0.293 e. The zero-order valence-corrected chi connectivity index (χ0v) is 14.4. The van der Waals surface area contributed by atoms with Crippen molar-refractivity contribution in [3.8, 4) is 0 Å². The number of ketones is 1. The third-order valence-electron chi connectivity index (χ3n) is 3.22. The highest BCUT2D eigenvalue weighted by molar-refractivity contribution is 7.99. The summed E-state index contributed by atoms with van der Waals surface area (Å²) in [6, 6.07) is 5.62. The van der Waals surface area contributed by atoms with Crippen LogP contribution in [0.4, 0.5) is 0 Å². The van der Waals surface area contributed by atoms with Gasteiger partial charge in [0.2, 0.25) is 0 Å². The van der Waals surface area contributed by atoms with Gasteiger partial charge < -0.3 is 0 Å². The lowest BCUT2D eigenvalue weighted by Gasteiger charge is -2.06. The number of nitrogens with zero attached hydrogens (tertiary/aromatic N) is 2. The molecule has 0 N–H and O–H groups in total. The van der Waals surface area contributed by atoms with Crippen molar-refractivity contribution in [2.75, 3.05) is 5.75 Å². The summed E-state index contributed by atoms with van der Waals surface area (Å²) in [6.07, 6.45) is 1.31. The van der Waals surface area contributed by atoms with Gasteiger partial charge in [0, 0.05) is 19.2 Å². The van der Waals surface area contributed by atoms with Gasteiger partial charge in [0.25, 0.3) is 5.56 Å². The fourth-order valence-corrected chi connectivity index (χ4v) is 4.46. The lowest BCUT2D eigenvalue weighted by Crippen LogP contribution is -2.18. The number of carbonyl (C=O) groups is 1. The number of hydrogen-bond donors (Lipinski definition) is 0. The van der Waals surface area contributed by atoms with Crippen molar-refractivity contribution in [3.63, 3.8) is 0 Å². The number of hydrogen-bond acceptors (Lipinski definition) is 6. The number of thiophene rings is 2. The summed E-state index contributed by atoms with van der Waals surface area (Å²) < 4.78 is 2.28. The summed E-state index contributed by atoms with van der Waals surface area (Å²) in [5.74, 6) is 0.957. The van der Waals surface area contributed by atoms with Crippen molar-refractivity contribution in [2.24, 2.45) is 7.05 Å². The van der Waals surface area contributed by atoms with Gasteiger partial charge in [-0.25, -0.2) is 4.98 Å². The third kappa shape index (κ3) is 3.16. The Kier molecular flexibility index (Phi) is 4.75. The maximum Gasteiger partial charge on any atom is 0.271 e. The highest BCUT2D eigenvalue weighted by Crippen LogP contribution is 2.21. The molecular formula is C15H14N2O2S3. The Morgan fingerprint density at radius 3 is 2.95 bits per heavy atom. The molecule has 114 valence electrons. The van der Waals surface area contributed by atoms with E-state index < -0.39 is 0 Å². The van der Waals surface area contributed by atoms with E-state index in [4.69, 9.17) is 0 Å². The topological polar surface area (TPSA) is 52.0 Å². The van der Waals surface area contributed by atoms with E-state index in [0.717, 1.165) is 22.6 Å². The van der Waals surface area contributed by atoms with E-state index in [1.54, 1.807) is 11.6 Å². The summed E-state index contributed by atoms with van der Waals surface area (Å²) >= 11 is 4.42. The molecule has 3 heterocycles. The second kappa shape index (κ2) is 6.76. The molecule has 0 atom stereocenters. The number of rotatable bonds is 6. The standard InChI is InChI=1S/C15H14N2O2S3/c1-17-14(19)13-10(6-9-21-13)16-15(17)22-8-2-4-11(18)12-5-3-7-20-12/h3,5-7,9H,2,4,8H2,1H3. The zero-order chi connectivity index (χ0) is 15.5. The first kappa shape index (κ1) is 15.5. The highest BCUT2D eigenvalue weighted by Gasteiger charge is 2.10. The molecule has 0 aliphatic carbocycles. The van der Waals surface area contributed by atoms with Crippen LogP contribution in [-0.4, -0.2) is 21.1 Å². The van der Waals surface area contributed by atoms with Crippen LogP contribution in [0.15, 0.2) is 38.9 Å². The molecule has 3 aromatic rings. The molecule has 22 heavy (non-hydrogen) atoms. The van der Waals surface area contributed by atoms with Crippen molar-refractivity contribution in [3.05, 3.63) is 44.2 Å². The number of Topliss-reactive ketones (excluding diaryl/α,β-unsaturated/α-hetero) is 1. The summed E-state index contributed by atoms with van der Waals surface area (Å²) in [5.41, 5.74) is 0.752. The van der Waals surface area contributed by atoms with Crippen LogP contribution >= 0.6 is 34.4 Å².